The van der Waals surface area contributed by atoms with Crippen LogP contribution < -0.4 is 9.47 Å². The van der Waals surface area contributed by atoms with Gasteiger partial charge in [-0.05, 0) is 48.0 Å². The summed E-state index contributed by atoms with van der Waals surface area (Å²) in [7, 11) is 0. The minimum Gasteiger partial charge on any atom is -0.454 e. The van der Waals surface area contributed by atoms with Crippen LogP contribution in [0.1, 0.15) is 27.2 Å². The number of nitrogens with zero attached hydrogens (tertiary/aromatic N) is 2. The number of ether oxygens (including phenoxy) is 2. The molecule has 1 aliphatic rings. The third-order valence-corrected chi connectivity index (χ3v) is 5.14. The number of amides is 1. The molecule has 0 N–H and O–H groups in total. The molecule has 1 amide bonds. The summed E-state index contributed by atoms with van der Waals surface area (Å²) in [5.74, 6) is 0.893. The Kier molecular flexibility index (Phi) is 5.94. The van der Waals surface area contributed by atoms with E-state index in [9.17, 15) is 18.0 Å². The van der Waals surface area contributed by atoms with Gasteiger partial charge in [0.2, 0.25) is 6.79 Å². The van der Waals surface area contributed by atoms with E-state index >= 15 is 0 Å². The van der Waals surface area contributed by atoms with Gasteiger partial charge in [-0.15, -0.1) is 6.58 Å². The molecule has 0 bridgehead atoms. The quantitative estimate of drug-likeness (QED) is 0.478. The van der Waals surface area contributed by atoms with Crippen LogP contribution in [0.15, 0.2) is 73.4 Å². The summed E-state index contributed by atoms with van der Waals surface area (Å²) in [6.07, 6.45) is -0.981. The number of rotatable bonds is 7. The van der Waals surface area contributed by atoms with Gasteiger partial charge in [-0.2, -0.15) is 13.2 Å². The van der Waals surface area contributed by atoms with Crippen molar-refractivity contribution in [2.75, 3.05) is 13.3 Å². The number of aromatic nitrogens is 1. The summed E-state index contributed by atoms with van der Waals surface area (Å²) >= 11 is 0. The molecule has 0 spiro atoms. The highest BCUT2D eigenvalue weighted by Gasteiger charge is 2.30. The Bertz CT molecular complexity index is 1140. The Morgan fingerprint density at radius 2 is 1.91 bits per heavy atom. The van der Waals surface area contributed by atoms with E-state index in [0.29, 0.717) is 29.2 Å². The summed E-state index contributed by atoms with van der Waals surface area (Å²) in [6.45, 7) is 4.69. The van der Waals surface area contributed by atoms with Crippen molar-refractivity contribution in [2.45, 2.75) is 19.3 Å². The normalized spacial score (nSPS) is 12.6. The molecular formula is C24H21F3N2O3. The molecule has 1 aliphatic heterocycles. The molecule has 5 nitrogen and oxygen atoms in total. The van der Waals surface area contributed by atoms with Crippen molar-refractivity contribution >= 4 is 5.91 Å². The first-order chi connectivity index (χ1) is 15.3. The molecule has 1 aromatic heterocycles. The van der Waals surface area contributed by atoms with E-state index in [0.717, 1.165) is 17.8 Å². The fourth-order valence-electron chi connectivity index (χ4n) is 3.57. The summed E-state index contributed by atoms with van der Waals surface area (Å²) in [5.41, 5.74) is 1.08. The standard InChI is InChI=1S/C24H21F3N2O3/c1-2-10-29(23(30)18-8-9-21-22(13-18)32-16-31-21)15-20-7-4-11-28(20)14-17-5-3-6-19(12-17)24(25,26)27/h2-9,11-13H,1,10,14-16H2. The van der Waals surface area contributed by atoms with Gasteiger partial charge in [0.05, 0.1) is 12.1 Å². The fourth-order valence-corrected chi connectivity index (χ4v) is 3.57. The second-order valence-corrected chi connectivity index (χ2v) is 7.37. The van der Waals surface area contributed by atoms with Crippen molar-refractivity contribution < 1.29 is 27.4 Å². The van der Waals surface area contributed by atoms with E-state index in [1.54, 1.807) is 47.5 Å². The smallest absolute Gasteiger partial charge is 0.416 e. The highest BCUT2D eigenvalue weighted by molar-refractivity contribution is 5.95. The van der Waals surface area contributed by atoms with E-state index < -0.39 is 11.7 Å². The molecule has 3 aromatic rings. The topological polar surface area (TPSA) is 43.7 Å². The van der Waals surface area contributed by atoms with Crippen LogP contribution in [0.2, 0.25) is 0 Å². The number of fused-ring (bicyclic) bond motifs is 1. The maximum atomic E-state index is 13.1. The molecule has 2 heterocycles. The van der Waals surface area contributed by atoms with Gasteiger partial charge in [-0.25, -0.2) is 0 Å². The summed E-state index contributed by atoms with van der Waals surface area (Å²) in [4.78, 5) is 14.7. The van der Waals surface area contributed by atoms with Crippen molar-refractivity contribution in [3.63, 3.8) is 0 Å². The van der Waals surface area contributed by atoms with E-state index in [-0.39, 0.29) is 25.8 Å². The van der Waals surface area contributed by atoms with Gasteiger partial charge in [-0.1, -0.05) is 18.2 Å². The zero-order valence-electron chi connectivity index (χ0n) is 17.1. The Morgan fingerprint density at radius 3 is 2.69 bits per heavy atom. The van der Waals surface area contributed by atoms with Crippen LogP contribution in [-0.4, -0.2) is 28.7 Å². The first kappa shape index (κ1) is 21.5. The zero-order valence-corrected chi connectivity index (χ0v) is 17.1. The lowest BCUT2D eigenvalue weighted by atomic mass is 10.1. The number of carbonyl (C=O) groups excluding carboxylic acids is 1. The Morgan fingerprint density at radius 1 is 1.09 bits per heavy atom. The predicted octanol–water partition coefficient (Wildman–Crippen LogP) is 5.11. The van der Waals surface area contributed by atoms with Gasteiger partial charge in [0.1, 0.15) is 0 Å². The molecule has 8 heteroatoms. The van der Waals surface area contributed by atoms with Crippen molar-refractivity contribution in [1.29, 1.82) is 0 Å². The molecule has 0 radical (unpaired) electrons. The van der Waals surface area contributed by atoms with Crippen LogP contribution >= 0.6 is 0 Å². The van der Waals surface area contributed by atoms with Crippen molar-refractivity contribution in [3.05, 3.63) is 95.8 Å². The summed E-state index contributed by atoms with van der Waals surface area (Å²) in [5, 5.41) is 0. The number of halogens is 3. The van der Waals surface area contributed by atoms with Crippen molar-refractivity contribution in [1.82, 2.24) is 9.47 Å². The maximum Gasteiger partial charge on any atom is 0.416 e. The number of benzene rings is 2. The lowest BCUT2D eigenvalue weighted by Crippen LogP contribution is -2.31. The number of alkyl halides is 3. The van der Waals surface area contributed by atoms with Crippen LogP contribution in [0.4, 0.5) is 13.2 Å². The molecule has 0 saturated carbocycles. The maximum absolute atomic E-state index is 13.1. The molecule has 2 aromatic carbocycles. The van der Waals surface area contributed by atoms with Crippen LogP contribution in [0.5, 0.6) is 11.5 Å². The molecule has 0 atom stereocenters. The minimum atomic E-state index is -4.40. The van der Waals surface area contributed by atoms with Gasteiger partial charge >= 0.3 is 6.18 Å². The highest BCUT2D eigenvalue weighted by atomic mass is 19.4. The largest absolute Gasteiger partial charge is 0.454 e. The highest BCUT2D eigenvalue weighted by Crippen LogP contribution is 2.33. The van der Waals surface area contributed by atoms with E-state index in [4.69, 9.17) is 9.47 Å². The van der Waals surface area contributed by atoms with Gasteiger partial charge in [0.25, 0.3) is 5.91 Å². The monoisotopic (exact) mass is 442 g/mol. The third kappa shape index (κ3) is 4.64. The second kappa shape index (κ2) is 8.82. The Hall–Kier alpha value is -3.68. The van der Waals surface area contributed by atoms with E-state index in [1.165, 1.54) is 6.07 Å². The van der Waals surface area contributed by atoms with Crippen LogP contribution in [-0.2, 0) is 19.3 Å². The summed E-state index contributed by atoms with van der Waals surface area (Å²) < 4.78 is 51.6. The van der Waals surface area contributed by atoms with Crippen molar-refractivity contribution in [3.8, 4) is 11.5 Å². The second-order valence-electron chi connectivity index (χ2n) is 7.37. The SMILES string of the molecule is C=CCN(Cc1cccn1Cc1cccc(C(F)(F)F)c1)C(=O)c1ccc2c(c1)OCO2. The molecule has 32 heavy (non-hydrogen) atoms. The van der Waals surface area contributed by atoms with Crippen LogP contribution in [0, 0.1) is 0 Å². The predicted molar refractivity (Wildman–Crippen MR) is 112 cm³/mol. The van der Waals surface area contributed by atoms with Crippen molar-refractivity contribution in [2.24, 2.45) is 0 Å². The summed E-state index contributed by atoms with van der Waals surface area (Å²) in [6, 6.07) is 13.9. The molecule has 0 fully saturated rings. The number of carbonyl (C=O) groups is 1. The fraction of sp³-hybridized carbons (Fsp3) is 0.208. The number of hydrogen-bond acceptors (Lipinski definition) is 3. The lowest BCUT2D eigenvalue weighted by molar-refractivity contribution is -0.137. The van der Waals surface area contributed by atoms with Gasteiger partial charge in [0.15, 0.2) is 11.5 Å². The average Bonchev–Trinajstić information content (AvgIpc) is 3.41. The molecule has 166 valence electrons. The minimum absolute atomic E-state index is 0.117. The zero-order chi connectivity index (χ0) is 22.7. The third-order valence-electron chi connectivity index (χ3n) is 5.14. The Balaban J connectivity index is 1.53. The molecule has 0 unspecified atom stereocenters. The molecular weight excluding hydrogens is 421 g/mol. The first-order valence-corrected chi connectivity index (χ1v) is 9.95. The molecule has 0 aliphatic carbocycles. The van der Waals surface area contributed by atoms with E-state index in [1.807, 2.05) is 10.6 Å². The van der Waals surface area contributed by atoms with E-state index in [2.05, 4.69) is 6.58 Å². The lowest BCUT2D eigenvalue weighted by Gasteiger charge is -2.22. The van der Waals surface area contributed by atoms with Crippen LogP contribution in [0.25, 0.3) is 0 Å². The average molecular weight is 442 g/mol. The first-order valence-electron chi connectivity index (χ1n) is 9.95. The molecule has 4 rings (SSSR count). The number of hydrogen-bond donors (Lipinski definition) is 0. The van der Waals surface area contributed by atoms with Crippen LogP contribution in [0.3, 0.4) is 0 Å². The van der Waals surface area contributed by atoms with Gasteiger partial charge < -0.3 is 18.9 Å². The van der Waals surface area contributed by atoms with Gasteiger partial charge in [0, 0.05) is 30.5 Å². The Labute approximate surface area is 183 Å². The van der Waals surface area contributed by atoms with Gasteiger partial charge in [-0.3, -0.25) is 4.79 Å². The molecule has 0 saturated heterocycles.